The van der Waals surface area contributed by atoms with Gasteiger partial charge in [-0.3, -0.25) is 9.59 Å². The molecule has 0 radical (unpaired) electrons. The highest BCUT2D eigenvalue weighted by Gasteiger charge is 2.37. The van der Waals surface area contributed by atoms with Gasteiger partial charge in [0.05, 0.1) is 7.11 Å². The van der Waals surface area contributed by atoms with Crippen LogP contribution in [0.4, 0.5) is 0 Å². The van der Waals surface area contributed by atoms with Crippen molar-refractivity contribution in [3.63, 3.8) is 0 Å². The van der Waals surface area contributed by atoms with Crippen molar-refractivity contribution in [1.29, 1.82) is 0 Å². The molecule has 0 spiro atoms. The number of carbonyl (C=O) groups is 3. The molecule has 39 heavy (non-hydrogen) atoms. The molecule has 0 bridgehead atoms. The van der Waals surface area contributed by atoms with Crippen molar-refractivity contribution in [3.8, 4) is 0 Å². The molecule has 1 rings (SSSR count). The number of carbonyl (C=O) groups excluding carboxylic acids is 3. The van der Waals surface area contributed by atoms with Gasteiger partial charge >= 0.3 is 5.97 Å². The van der Waals surface area contributed by atoms with E-state index in [1.54, 1.807) is 11.8 Å². The minimum Gasteiger partial charge on any atom is -0.467 e. The van der Waals surface area contributed by atoms with Gasteiger partial charge in [-0.05, 0) is 58.3 Å². The number of ether oxygens (including phenoxy) is 1. The van der Waals surface area contributed by atoms with Gasteiger partial charge < -0.3 is 15.0 Å². The average molecular weight is 547 g/mol. The maximum Gasteiger partial charge on any atom is 0.328 e. The highest BCUT2D eigenvalue weighted by atomic mass is 16.5. The van der Waals surface area contributed by atoms with Crippen LogP contribution in [0.1, 0.15) is 142 Å². The molecule has 0 aliphatic heterocycles. The quantitative estimate of drug-likeness (QED) is 0.0805. The minimum absolute atomic E-state index is 0.112. The fourth-order valence-corrected chi connectivity index (χ4v) is 5.62. The van der Waals surface area contributed by atoms with Gasteiger partial charge in [0, 0.05) is 12.5 Å². The lowest BCUT2D eigenvalue weighted by atomic mass is 9.94. The number of rotatable bonds is 23. The van der Waals surface area contributed by atoms with Gasteiger partial charge in [-0.25, -0.2) is 4.79 Å². The summed E-state index contributed by atoms with van der Waals surface area (Å²) in [5, 5.41) is 3.24. The topological polar surface area (TPSA) is 75.7 Å². The lowest BCUT2D eigenvalue weighted by Crippen LogP contribution is -2.56. The summed E-state index contributed by atoms with van der Waals surface area (Å²) in [6.45, 7) is 9.25. The average Bonchev–Trinajstić information content (AvgIpc) is 2.94. The normalized spacial score (nSPS) is 15.2. The largest absolute Gasteiger partial charge is 0.467 e. The number of methoxy groups -OCH3 is 1. The first-order valence-electron chi connectivity index (χ1n) is 15.9. The fraction of sp³-hybridized carbons (Fsp3) is 0.788. The third-order valence-electron chi connectivity index (χ3n) is 8.02. The molecule has 0 saturated heterocycles. The predicted octanol–water partition coefficient (Wildman–Crippen LogP) is 7.81. The molecule has 1 aliphatic rings. The molecule has 0 aromatic carbocycles. The zero-order valence-corrected chi connectivity index (χ0v) is 25.2. The zero-order valence-electron chi connectivity index (χ0n) is 25.2. The van der Waals surface area contributed by atoms with E-state index in [4.69, 9.17) is 4.74 Å². The molecular formula is C33H58N2O4. The van der Waals surface area contributed by atoms with E-state index in [1.165, 1.54) is 45.6 Å². The maximum atomic E-state index is 13.6. The Morgan fingerprint density at radius 1 is 0.821 bits per heavy atom. The molecule has 6 nitrogen and oxygen atoms in total. The van der Waals surface area contributed by atoms with Crippen molar-refractivity contribution in [1.82, 2.24) is 10.2 Å². The SMILES string of the molecule is C=CCCCCCCCCC(=O)N(C(CCCCCCCCC=C)C(=O)NC1CCCCC1)[C@@H](C)C(=O)OC. The van der Waals surface area contributed by atoms with Gasteiger partial charge in [-0.1, -0.05) is 89.2 Å². The summed E-state index contributed by atoms with van der Waals surface area (Å²) >= 11 is 0. The maximum absolute atomic E-state index is 13.6. The van der Waals surface area contributed by atoms with E-state index in [0.717, 1.165) is 83.5 Å². The number of nitrogens with one attached hydrogen (secondary N) is 1. The van der Waals surface area contributed by atoms with Crippen LogP contribution in [0.25, 0.3) is 0 Å². The Bertz CT molecular complexity index is 702. The Balaban J connectivity index is 2.83. The lowest BCUT2D eigenvalue weighted by molar-refractivity contribution is -0.156. The van der Waals surface area contributed by atoms with Crippen LogP contribution in [0, 0.1) is 0 Å². The Morgan fingerprint density at radius 3 is 1.87 bits per heavy atom. The van der Waals surface area contributed by atoms with Crippen LogP contribution >= 0.6 is 0 Å². The smallest absolute Gasteiger partial charge is 0.328 e. The fourth-order valence-electron chi connectivity index (χ4n) is 5.62. The zero-order chi connectivity index (χ0) is 28.7. The predicted molar refractivity (Wildman–Crippen MR) is 161 cm³/mol. The van der Waals surface area contributed by atoms with Crippen molar-refractivity contribution in [2.45, 2.75) is 160 Å². The summed E-state index contributed by atoms with van der Waals surface area (Å²) in [5.74, 6) is -0.699. The second-order valence-electron chi connectivity index (χ2n) is 11.3. The summed E-state index contributed by atoms with van der Waals surface area (Å²) in [6, 6.07) is -1.28. The molecule has 0 aromatic heterocycles. The van der Waals surface area contributed by atoms with Crippen LogP contribution < -0.4 is 5.32 Å². The Kier molecular flexibility index (Phi) is 20.3. The Morgan fingerprint density at radius 2 is 1.33 bits per heavy atom. The lowest BCUT2D eigenvalue weighted by Gasteiger charge is -2.36. The van der Waals surface area contributed by atoms with E-state index in [-0.39, 0.29) is 17.9 Å². The molecule has 1 saturated carbocycles. The van der Waals surface area contributed by atoms with E-state index in [1.807, 2.05) is 12.2 Å². The molecule has 1 aliphatic carbocycles. The summed E-state index contributed by atoms with van der Waals surface area (Å²) < 4.78 is 5.02. The van der Waals surface area contributed by atoms with E-state index >= 15 is 0 Å². The number of unbranched alkanes of at least 4 members (excludes halogenated alkanes) is 12. The second-order valence-corrected chi connectivity index (χ2v) is 11.3. The molecule has 0 heterocycles. The van der Waals surface area contributed by atoms with Crippen LogP contribution in [0.15, 0.2) is 25.3 Å². The molecule has 2 amide bonds. The van der Waals surface area contributed by atoms with Crippen molar-refractivity contribution < 1.29 is 19.1 Å². The summed E-state index contributed by atoms with van der Waals surface area (Å²) in [7, 11) is 1.34. The van der Waals surface area contributed by atoms with Crippen LogP contribution in [0.5, 0.6) is 0 Å². The molecule has 1 fully saturated rings. The van der Waals surface area contributed by atoms with Gasteiger partial charge in [0.15, 0.2) is 0 Å². The summed E-state index contributed by atoms with van der Waals surface area (Å²) in [5.41, 5.74) is 0. The number of hydrogen-bond acceptors (Lipinski definition) is 4. The summed E-state index contributed by atoms with van der Waals surface area (Å²) in [6.07, 6.45) is 25.2. The van der Waals surface area contributed by atoms with Crippen molar-refractivity contribution in [3.05, 3.63) is 25.3 Å². The van der Waals surface area contributed by atoms with Crippen LogP contribution in [0.3, 0.4) is 0 Å². The molecule has 0 aromatic rings. The number of allylic oxidation sites excluding steroid dienone is 2. The number of nitrogens with zero attached hydrogens (tertiary/aromatic N) is 1. The van der Waals surface area contributed by atoms with Crippen molar-refractivity contribution in [2.24, 2.45) is 0 Å². The summed E-state index contributed by atoms with van der Waals surface area (Å²) in [4.78, 5) is 41.4. The van der Waals surface area contributed by atoms with Gasteiger partial charge in [0.2, 0.25) is 11.8 Å². The monoisotopic (exact) mass is 546 g/mol. The van der Waals surface area contributed by atoms with Crippen molar-refractivity contribution in [2.75, 3.05) is 7.11 Å². The minimum atomic E-state index is -0.789. The van der Waals surface area contributed by atoms with Gasteiger partial charge in [0.1, 0.15) is 12.1 Å². The van der Waals surface area contributed by atoms with Crippen LogP contribution in [0.2, 0.25) is 0 Å². The highest BCUT2D eigenvalue weighted by molar-refractivity contribution is 5.91. The van der Waals surface area contributed by atoms with Crippen molar-refractivity contribution >= 4 is 17.8 Å². The first-order valence-corrected chi connectivity index (χ1v) is 15.9. The highest BCUT2D eigenvalue weighted by Crippen LogP contribution is 2.22. The molecule has 6 heteroatoms. The third-order valence-corrected chi connectivity index (χ3v) is 8.02. The van der Waals surface area contributed by atoms with Crippen LogP contribution in [-0.4, -0.2) is 47.9 Å². The van der Waals surface area contributed by atoms with E-state index in [2.05, 4.69) is 18.5 Å². The van der Waals surface area contributed by atoms with E-state index < -0.39 is 18.1 Å². The Labute approximate surface area is 239 Å². The molecule has 1 N–H and O–H groups in total. The second kappa shape index (κ2) is 22.7. The van der Waals surface area contributed by atoms with E-state index in [9.17, 15) is 14.4 Å². The number of hydrogen-bond donors (Lipinski definition) is 1. The van der Waals surface area contributed by atoms with Gasteiger partial charge in [0.25, 0.3) is 0 Å². The molecule has 1 unspecified atom stereocenters. The van der Waals surface area contributed by atoms with Gasteiger partial charge in [-0.2, -0.15) is 0 Å². The van der Waals surface area contributed by atoms with Gasteiger partial charge in [-0.15, -0.1) is 13.2 Å². The number of esters is 1. The standard InChI is InChI=1S/C33H58N2O4/c1-5-7-9-11-13-15-17-22-26-30(32(37)34-29-24-20-19-21-25-29)35(28(3)33(38)39-4)31(36)27-23-18-16-14-12-10-8-6-2/h5-6,28-30H,1-2,7-27H2,3-4H3,(H,34,37)/t28-,30?/m0/s1. The number of amides is 2. The van der Waals surface area contributed by atoms with E-state index in [0.29, 0.717) is 12.8 Å². The Hall–Kier alpha value is -2.11. The molecule has 224 valence electrons. The first-order chi connectivity index (χ1) is 19.0. The molecule has 2 atom stereocenters. The van der Waals surface area contributed by atoms with Crippen LogP contribution in [-0.2, 0) is 19.1 Å². The first kappa shape index (κ1) is 34.9. The third kappa shape index (κ3) is 15.3. The molecular weight excluding hydrogens is 488 g/mol.